The number of unbranched alkanes of at least 4 members (excludes halogenated alkanes) is 1. The molecular weight excluding hydrogens is 690 g/mol. The summed E-state index contributed by atoms with van der Waals surface area (Å²) in [5, 5.41) is 5.41. The minimum Gasteiger partial charge on any atom is -0.349 e. The molecule has 280 valence electrons. The van der Waals surface area contributed by atoms with Gasteiger partial charge in [0.1, 0.15) is 12.0 Å². The van der Waals surface area contributed by atoms with E-state index in [1.807, 2.05) is 48.5 Å². The molecule has 4 aromatic carbocycles. The highest BCUT2D eigenvalue weighted by molar-refractivity contribution is 6.01. The molecule has 1 saturated carbocycles. The lowest BCUT2D eigenvalue weighted by atomic mass is 9.73. The summed E-state index contributed by atoms with van der Waals surface area (Å²) in [5.41, 5.74) is 2.85. The van der Waals surface area contributed by atoms with Gasteiger partial charge in [-0.15, -0.1) is 0 Å². The topological polar surface area (TPSA) is 58.2 Å². The van der Waals surface area contributed by atoms with Crippen LogP contribution in [0, 0.1) is 5.92 Å². The van der Waals surface area contributed by atoms with Gasteiger partial charge in [0, 0.05) is 11.6 Å². The Morgan fingerprint density at radius 1 is 0.660 bits per heavy atom. The van der Waals surface area contributed by atoms with Gasteiger partial charge in [-0.1, -0.05) is 130 Å². The number of carbonyl (C=O) groups is 2. The SMILES string of the molecule is O=C(NC1CCCCC(CCCCC2(C(=O)NCC(F)(F)F)c3ccccc3-c3ccccc32)CCC1)c1ccccc1-c1ccc(C(F)(F)F)cc1. The van der Waals surface area contributed by atoms with Crippen molar-refractivity contribution in [3.8, 4) is 22.3 Å². The van der Waals surface area contributed by atoms with Crippen LogP contribution < -0.4 is 10.6 Å². The number of alkyl halides is 6. The quantitative estimate of drug-likeness (QED) is 0.126. The molecule has 6 rings (SSSR count). The minimum atomic E-state index is -4.52. The molecule has 2 aliphatic carbocycles. The fraction of sp³-hybridized carbons (Fsp3) is 0.395. The molecule has 2 atom stereocenters. The first kappa shape index (κ1) is 38.1. The number of rotatable bonds is 10. The summed E-state index contributed by atoms with van der Waals surface area (Å²) < 4.78 is 79.1. The molecule has 1 fully saturated rings. The molecule has 4 aromatic rings. The summed E-state index contributed by atoms with van der Waals surface area (Å²) in [6.07, 6.45) is 0.424. The first-order valence-corrected chi connectivity index (χ1v) is 18.5. The third kappa shape index (κ3) is 8.79. The lowest BCUT2D eigenvalue weighted by Crippen LogP contribution is -2.47. The van der Waals surface area contributed by atoms with E-state index in [9.17, 15) is 35.9 Å². The second-order valence-electron chi connectivity index (χ2n) is 14.4. The molecule has 0 heterocycles. The number of amides is 2. The zero-order valence-corrected chi connectivity index (χ0v) is 29.5. The van der Waals surface area contributed by atoms with Crippen LogP contribution in [0.25, 0.3) is 22.3 Å². The molecule has 0 aromatic heterocycles. The number of nitrogens with one attached hydrogen (secondary N) is 2. The van der Waals surface area contributed by atoms with Gasteiger partial charge in [-0.25, -0.2) is 0 Å². The summed E-state index contributed by atoms with van der Waals surface area (Å²) in [6, 6.07) is 26.8. The third-order valence-electron chi connectivity index (χ3n) is 10.9. The van der Waals surface area contributed by atoms with Gasteiger partial charge in [-0.3, -0.25) is 9.59 Å². The Hall–Kier alpha value is -4.60. The summed E-state index contributed by atoms with van der Waals surface area (Å²) in [4.78, 5) is 27.3. The average Bonchev–Trinajstić information content (AvgIpc) is 3.48. The van der Waals surface area contributed by atoms with Gasteiger partial charge >= 0.3 is 12.4 Å². The van der Waals surface area contributed by atoms with Gasteiger partial charge in [-0.05, 0) is 76.8 Å². The van der Waals surface area contributed by atoms with Crippen molar-refractivity contribution in [2.45, 2.75) is 94.4 Å². The first-order valence-electron chi connectivity index (χ1n) is 18.5. The van der Waals surface area contributed by atoms with Crippen LogP contribution in [0.3, 0.4) is 0 Å². The number of benzene rings is 4. The number of fused-ring (bicyclic) bond motifs is 3. The molecule has 0 saturated heterocycles. The average molecular weight is 735 g/mol. The number of halogens is 6. The van der Waals surface area contributed by atoms with Crippen LogP contribution in [0.15, 0.2) is 97.1 Å². The van der Waals surface area contributed by atoms with Crippen LogP contribution in [-0.2, 0) is 16.4 Å². The third-order valence-corrected chi connectivity index (χ3v) is 10.9. The second kappa shape index (κ2) is 16.2. The van der Waals surface area contributed by atoms with E-state index in [0.717, 1.165) is 92.2 Å². The van der Waals surface area contributed by atoms with Crippen molar-refractivity contribution >= 4 is 11.8 Å². The normalized spacial score (nSPS) is 18.5. The smallest absolute Gasteiger partial charge is 0.349 e. The molecule has 0 bridgehead atoms. The molecule has 0 spiro atoms. The number of hydrogen-bond donors (Lipinski definition) is 2. The predicted molar refractivity (Wildman–Crippen MR) is 194 cm³/mol. The maximum absolute atomic E-state index is 13.8. The highest BCUT2D eigenvalue weighted by atomic mass is 19.4. The Labute approximate surface area is 306 Å². The van der Waals surface area contributed by atoms with Gasteiger partial charge in [0.2, 0.25) is 5.91 Å². The summed E-state index contributed by atoms with van der Waals surface area (Å²) >= 11 is 0. The standard InChI is InChI=1S/C43H44F6N2O2/c44-42(45,46)28-50-40(53)41(37-21-7-5-18-34(37)35-19-6-8-22-38(35)41)27-10-9-13-29-12-1-2-15-32(16-11-14-29)51-39(52)36-20-4-3-17-33(36)30-23-25-31(26-24-30)43(47,48)49/h3-8,17-26,29,32H,1-2,9-16,27-28H2,(H,50,53)(H,51,52). The predicted octanol–water partition coefficient (Wildman–Crippen LogP) is 11.0. The second-order valence-corrected chi connectivity index (χ2v) is 14.4. The Kier molecular flexibility index (Phi) is 11.6. The molecule has 10 heteroatoms. The van der Waals surface area contributed by atoms with E-state index in [1.165, 1.54) is 12.1 Å². The van der Waals surface area contributed by atoms with E-state index in [2.05, 4.69) is 10.6 Å². The molecular formula is C43H44F6N2O2. The zero-order valence-electron chi connectivity index (χ0n) is 29.5. The van der Waals surface area contributed by atoms with E-state index in [1.54, 1.807) is 24.3 Å². The molecule has 53 heavy (non-hydrogen) atoms. The molecule has 2 unspecified atom stereocenters. The van der Waals surface area contributed by atoms with Gasteiger partial charge in [-0.2, -0.15) is 26.3 Å². The lowest BCUT2D eigenvalue weighted by molar-refractivity contribution is -0.141. The molecule has 2 aliphatic rings. The van der Waals surface area contributed by atoms with Crippen molar-refractivity contribution in [3.05, 3.63) is 119 Å². The maximum Gasteiger partial charge on any atom is 0.416 e. The summed E-state index contributed by atoms with van der Waals surface area (Å²) in [6.45, 7) is -1.38. The van der Waals surface area contributed by atoms with Crippen LogP contribution in [0.2, 0.25) is 0 Å². The van der Waals surface area contributed by atoms with E-state index >= 15 is 0 Å². The van der Waals surface area contributed by atoms with Crippen LogP contribution in [0.5, 0.6) is 0 Å². The highest BCUT2D eigenvalue weighted by Crippen LogP contribution is 2.52. The monoisotopic (exact) mass is 734 g/mol. The summed E-state index contributed by atoms with van der Waals surface area (Å²) in [5.74, 6) is -0.405. The van der Waals surface area contributed by atoms with Crippen molar-refractivity contribution in [2.75, 3.05) is 6.54 Å². The van der Waals surface area contributed by atoms with Crippen LogP contribution in [0.1, 0.15) is 97.7 Å². The lowest BCUT2D eigenvalue weighted by Gasteiger charge is -2.31. The molecule has 2 N–H and O–H groups in total. The van der Waals surface area contributed by atoms with Crippen LogP contribution >= 0.6 is 0 Å². The fourth-order valence-corrected chi connectivity index (χ4v) is 8.34. The Morgan fingerprint density at radius 2 is 1.23 bits per heavy atom. The molecule has 2 amide bonds. The van der Waals surface area contributed by atoms with E-state index in [0.29, 0.717) is 35.4 Å². The first-order chi connectivity index (χ1) is 25.4. The fourth-order valence-electron chi connectivity index (χ4n) is 8.34. The number of carbonyl (C=O) groups excluding carboxylic acids is 2. The van der Waals surface area contributed by atoms with Crippen molar-refractivity contribution in [2.24, 2.45) is 5.92 Å². The van der Waals surface area contributed by atoms with Crippen molar-refractivity contribution in [1.29, 1.82) is 0 Å². The highest BCUT2D eigenvalue weighted by Gasteiger charge is 2.49. The molecule has 0 radical (unpaired) electrons. The van der Waals surface area contributed by atoms with Gasteiger partial charge in [0.05, 0.1) is 5.56 Å². The van der Waals surface area contributed by atoms with Crippen LogP contribution in [-0.4, -0.2) is 30.6 Å². The largest absolute Gasteiger partial charge is 0.416 e. The zero-order chi connectivity index (χ0) is 37.6. The minimum absolute atomic E-state index is 0.0283. The Morgan fingerprint density at radius 3 is 1.87 bits per heavy atom. The summed E-state index contributed by atoms with van der Waals surface area (Å²) in [7, 11) is 0. The molecule has 0 aliphatic heterocycles. The Bertz CT molecular complexity index is 1840. The van der Waals surface area contributed by atoms with Crippen molar-refractivity contribution in [1.82, 2.24) is 10.6 Å². The van der Waals surface area contributed by atoms with Gasteiger partial charge in [0.25, 0.3) is 5.91 Å². The van der Waals surface area contributed by atoms with E-state index in [4.69, 9.17) is 0 Å². The van der Waals surface area contributed by atoms with Gasteiger partial charge in [0.15, 0.2) is 0 Å². The van der Waals surface area contributed by atoms with Gasteiger partial charge < -0.3 is 10.6 Å². The van der Waals surface area contributed by atoms with Crippen molar-refractivity contribution in [3.63, 3.8) is 0 Å². The maximum atomic E-state index is 13.8. The van der Waals surface area contributed by atoms with E-state index < -0.39 is 35.8 Å². The Balaban J connectivity index is 1.06. The van der Waals surface area contributed by atoms with Crippen molar-refractivity contribution < 1.29 is 35.9 Å². The number of hydrogen-bond acceptors (Lipinski definition) is 2. The molecule has 4 nitrogen and oxygen atoms in total. The van der Waals surface area contributed by atoms with Crippen LogP contribution in [0.4, 0.5) is 26.3 Å². The van der Waals surface area contributed by atoms with E-state index in [-0.39, 0.29) is 11.9 Å².